The van der Waals surface area contributed by atoms with Crippen LogP contribution in [0.4, 0.5) is 5.69 Å². The van der Waals surface area contributed by atoms with Crippen molar-refractivity contribution >= 4 is 50.7 Å². The van der Waals surface area contributed by atoms with Crippen molar-refractivity contribution in [2.45, 2.75) is 26.9 Å². The number of hydrogen-bond donors (Lipinski definition) is 2. The molecule has 3 rings (SSSR count). The highest BCUT2D eigenvalue weighted by molar-refractivity contribution is 7.20. The van der Waals surface area contributed by atoms with Crippen LogP contribution in [0.15, 0.2) is 29.1 Å². The van der Waals surface area contributed by atoms with Gasteiger partial charge in [0.2, 0.25) is 0 Å². The molecule has 0 unspecified atom stereocenters. The molecular weight excluding hydrogens is 390 g/mol. The molecule has 9 heteroatoms. The molecule has 1 atom stereocenters. The summed E-state index contributed by atoms with van der Waals surface area (Å²) >= 11 is 7.07. The first-order chi connectivity index (χ1) is 12.8. The molecule has 140 valence electrons. The van der Waals surface area contributed by atoms with E-state index < -0.39 is 18.0 Å². The van der Waals surface area contributed by atoms with Crippen LogP contribution in [0.25, 0.3) is 10.2 Å². The molecule has 1 aromatic carbocycles. The third-order valence-electron chi connectivity index (χ3n) is 3.89. The van der Waals surface area contributed by atoms with Crippen LogP contribution in [0.3, 0.4) is 0 Å². The first-order valence-corrected chi connectivity index (χ1v) is 9.23. The van der Waals surface area contributed by atoms with Gasteiger partial charge in [0, 0.05) is 0 Å². The van der Waals surface area contributed by atoms with Gasteiger partial charge in [0.25, 0.3) is 11.5 Å². The highest BCUT2D eigenvalue weighted by Crippen LogP contribution is 2.28. The van der Waals surface area contributed by atoms with E-state index in [9.17, 15) is 14.4 Å². The van der Waals surface area contributed by atoms with E-state index in [4.69, 9.17) is 16.3 Å². The fraction of sp³-hybridized carbons (Fsp3) is 0.222. The second-order valence-corrected chi connectivity index (χ2v) is 7.31. The maximum Gasteiger partial charge on any atom is 0.349 e. The zero-order chi connectivity index (χ0) is 19.7. The monoisotopic (exact) mass is 405 g/mol. The number of carbonyl (C=O) groups excluding carboxylic acids is 2. The van der Waals surface area contributed by atoms with E-state index in [2.05, 4.69) is 15.3 Å². The minimum atomic E-state index is -1.05. The summed E-state index contributed by atoms with van der Waals surface area (Å²) in [5, 5.41) is 3.35. The number of fused-ring (bicyclic) bond motifs is 1. The van der Waals surface area contributed by atoms with Crippen molar-refractivity contribution in [2.75, 3.05) is 5.32 Å². The topological polar surface area (TPSA) is 101 Å². The van der Waals surface area contributed by atoms with E-state index in [0.29, 0.717) is 32.3 Å². The summed E-state index contributed by atoms with van der Waals surface area (Å²) < 4.78 is 5.27. The van der Waals surface area contributed by atoms with Crippen molar-refractivity contribution in [3.8, 4) is 0 Å². The molecule has 0 saturated heterocycles. The van der Waals surface area contributed by atoms with Crippen LogP contribution in [-0.4, -0.2) is 27.9 Å². The second-order valence-electron chi connectivity index (χ2n) is 5.90. The summed E-state index contributed by atoms with van der Waals surface area (Å²) in [4.78, 5) is 44.4. The number of carbonyl (C=O) groups is 2. The number of aromatic amines is 1. The molecule has 2 heterocycles. The second kappa shape index (κ2) is 7.50. The number of aryl methyl sites for hydroxylation is 2. The number of halogens is 1. The van der Waals surface area contributed by atoms with Crippen molar-refractivity contribution in [1.82, 2.24) is 9.97 Å². The Bertz CT molecular complexity index is 1110. The smallest absolute Gasteiger partial charge is 0.349 e. The van der Waals surface area contributed by atoms with Crippen molar-refractivity contribution < 1.29 is 14.3 Å². The third-order valence-corrected chi connectivity index (χ3v) is 5.38. The van der Waals surface area contributed by atoms with Gasteiger partial charge < -0.3 is 15.0 Å². The average Bonchev–Trinajstić information content (AvgIpc) is 2.93. The fourth-order valence-corrected chi connectivity index (χ4v) is 3.80. The third kappa shape index (κ3) is 3.86. The Labute approximate surface area is 163 Å². The molecule has 3 aromatic rings. The van der Waals surface area contributed by atoms with Gasteiger partial charge in [0.1, 0.15) is 15.5 Å². The Morgan fingerprint density at radius 3 is 2.70 bits per heavy atom. The van der Waals surface area contributed by atoms with Crippen LogP contribution in [0.5, 0.6) is 0 Å². The van der Waals surface area contributed by atoms with Crippen molar-refractivity contribution in [1.29, 1.82) is 0 Å². The Balaban J connectivity index is 1.79. The Hall–Kier alpha value is -2.71. The van der Waals surface area contributed by atoms with E-state index in [1.807, 2.05) is 0 Å². The van der Waals surface area contributed by atoms with Gasteiger partial charge in [-0.1, -0.05) is 23.7 Å². The largest absolute Gasteiger partial charge is 0.448 e. The number of amides is 1. The summed E-state index contributed by atoms with van der Waals surface area (Å²) in [6, 6.07) is 6.75. The van der Waals surface area contributed by atoms with E-state index in [1.54, 1.807) is 38.1 Å². The summed E-state index contributed by atoms with van der Waals surface area (Å²) in [6.45, 7) is 4.77. The number of rotatable bonds is 4. The number of anilines is 1. The Kier molecular flexibility index (Phi) is 5.29. The predicted octanol–water partition coefficient (Wildman–Crippen LogP) is 3.44. The minimum Gasteiger partial charge on any atom is -0.448 e. The number of para-hydroxylation sites is 1. The lowest BCUT2D eigenvalue weighted by atomic mass is 10.2. The van der Waals surface area contributed by atoms with Gasteiger partial charge in [-0.3, -0.25) is 9.59 Å². The highest BCUT2D eigenvalue weighted by atomic mass is 35.5. The molecule has 0 bridgehead atoms. The summed E-state index contributed by atoms with van der Waals surface area (Å²) in [7, 11) is 0. The Morgan fingerprint density at radius 2 is 2.00 bits per heavy atom. The number of aromatic nitrogens is 2. The number of hydrogen-bond acceptors (Lipinski definition) is 6. The lowest BCUT2D eigenvalue weighted by Gasteiger charge is -2.14. The molecule has 0 saturated carbocycles. The van der Waals surface area contributed by atoms with Gasteiger partial charge in [-0.15, -0.1) is 11.3 Å². The number of esters is 1. The van der Waals surface area contributed by atoms with Gasteiger partial charge in [-0.2, -0.15) is 0 Å². The van der Waals surface area contributed by atoms with Gasteiger partial charge in [-0.05, 0) is 38.5 Å². The van der Waals surface area contributed by atoms with Crippen LogP contribution in [-0.2, 0) is 9.53 Å². The molecule has 0 aliphatic carbocycles. The molecule has 7 nitrogen and oxygen atoms in total. The van der Waals surface area contributed by atoms with Crippen molar-refractivity contribution in [3.63, 3.8) is 0 Å². The normalized spacial score (nSPS) is 12.0. The lowest BCUT2D eigenvalue weighted by Crippen LogP contribution is -2.30. The molecule has 0 radical (unpaired) electrons. The fourth-order valence-electron chi connectivity index (χ4n) is 2.51. The number of nitrogens with one attached hydrogen (secondary N) is 2. The van der Waals surface area contributed by atoms with Crippen LogP contribution < -0.4 is 10.9 Å². The average molecular weight is 406 g/mol. The van der Waals surface area contributed by atoms with E-state index in [-0.39, 0.29) is 10.4 Å². The molecule has 2 aromatic heterocycles. The van der Waals surface area contributed by atoms with Crippen molar-refractivity contribution in [3.05, 3.63) is 55.9 Å². The number of thiophene rings is 1. The van der Waals surface area contributed by atoms with Crippen LogP contribution in [0.1, 0.15) is 28.0 Å². The van der Waals surface area contributed by atoms with Gasteiger partial charge in [0.05, 0.1) is 16.1 Å². The summed E-state index contributed by atoms with van der Waals surface area (Å²) in [5.41, 5.74) is 0.596. The molecule has 0 aliphatic rings. The lowest BCUT2D eigenvalue weighted by molar-refractivity contribution is -0.123. The molecule has 1 amide bonds. The predicted molar refractivity (Wildman–Crippen MR) is 105 cm³/mol. The summed E-state index contributed by atoms with van der Waals surface area (Å²) in [6.07, 6.45) is -1.05. The molecule has 0 spiro atoms. The minimum absolute atomic E-state index is 0.242. The maximum absolute atomic E-state index is 12.5. The first-order valence-electron chi connectivity index (χ1n) is 8.04. The maximum atomic E-state index is 12.5. The standard InChI is InChI=1S/C18H16ClN3O4S/c1-8-13-16(24)20-10(3)21-17(13)27-14(8)18(25)26-9(2)15(23)22-12-7-5-4-6-11(12)19/h4-7,9H,1-3H3,(H,22,23)(H,20,21,24)/t9-/m1/s1. The van der Waals surface area contributed by atoms with Gasteiger partial charge in [0.15, 0.2) is 6.10 Å². The SMILES string of the molecule is Cc1nc2sc(C(=O)O[C@H](C)C(=O)Nc3ccccc3Cl)c(C)c2c(=O)[nH]1. The number of nitrogens with zero attached hydrogens (tertiary/aromatic N) is 1. The van der Waals surface area contributed by atoms with E-state index >= 15 is 0 Å². The van der Waals surface area contributed by atoms with E-state index in [0.717, 1.165) is 11.3 Å². The van der Waals surface area contributed by atoms with Crippen LogP contribution in [0, 0.1) is 13.8 Å². The number of benzene rings is 1. The molecule has 27 heavy (non-hydrogen) atoms. The van der Waals surface area contributed by atoms with E-state index in [1.165, 1.54) is 6.92 Å². The molecule has 2 N–H and O–H groups in total. The molecular formula is C18H16ClN3O4S. The zero-order valence-electron chi connectivity index (χ0n) is 14.8. The van der Waals surface area contributed by atoms with Gasteiger partial charge >= 0.3 is 5.97 Å². The highest BCUT2D eigenvalue weighted by Gasteiger charge is 2.24. The Morgan fingerprint density at radius 1 is 1.30 bits per heavy atom. The molecule has 0 fully saturated rings. The molecule has 0 aliphatic heterocycles. The van der Waals surface area contributed by atoms with Gasteiger partial charge in [-0.25, -0.2) is 9.78 Å². The number of H-pyrrole nitrogens is 1. The van der Waals surface area contributed by atoms with Crippen molar-refractivity contribution in [2.24, 2.45) is 0 Å². The summed E-state index contributed by atoms with van der Waals surface area (Å²) in [5.74, 6) is -0.738. The quantitative estimate of drug-likeness (QED) is 0.647. The zero-order valence-corrected chi connectivity index (χ0v) is 16.3. The van der Waals surface area contributed by atoms with Crippen LogP contribution in [0.2, 0.25) is 5.02 Å². The van der Waals surface area contributed by atoms with Crippen LogP contribution >= 0.6 is 22.9 Å². The number of ether oxygens (including phenoxy) is 1. The first kappa shape index (κ1) is 19.1.